The Balaban J connectivity index is 1.50. The maximum atomic E-state index is 12.9. The zero-order chi connectivity index (χ0) is 16.9. The normalized spacial score (nSPS) is 14.7. The molecule has 0 saturated carbocycles. The van der Waals surface area contributed by atoms with E-state index in [1.807, 2.05) is 17.0 Å². The summed E-state index contributed by atoms with van der Waals surface area (Å²) in [5.74, 6) is 0.134. The summed E-state index contributed by atoms with van der Waals surface area (Å²) in [7, 11) is 0. The first-order valence-electron chi connectivity index (χ1n) is 8.18. The zero-order valence-electron chi connectivity index (χ0n) is 13.5. The molecule has 3 rings (SSSR count). The average Bonchev–Trinajstić information content (AvgIpc) is 2.61. The lowest BCUT2D eigenvalue weighted by atomic mass is 10.1. The number of carbonyl (C=O) groups excluding carboxylic acids is 1. The summed E-state index contributed by atoms with van der Waals surface area (Å²) in [5, 5.41) is 9.92. The molecule has 0 radical (unpaired) electrons. The molecule has 1 N–H and O–H groups in total. The van der Waals surface area contributed by atoms with Gasteiger partial charge in [0.2, 0.25) is 5.91 Å². The minimum absolute atomic E-state index is 0.122. The smallest absolute Gasteiger partial charge is 0.223 e. The molecule has 1 aliphatic rings. The fourth-order valence-electron chi connectivity index (χ4n) is 2.99. The largest absolute Gasteiger partial charge is 0.506 e. The van der Waals surface area contributed by atoms with E-state index in [0.29, 0.717) is 39.0 Å². The van der Waals surface area contributed by atoms with Crippen LogP contribution in [0, 0.1) is 5.82 Å². The maximum Gasteiger partial charge on any atom is 0.223 e. The number of carbonyl (C=O) groups is 1. The Morgan fingerprint density at radius 2 is 1.67 bits per heavy atom. The maximum absolute atomic E-state index is 12.9. The van der Waals surface area contributed by atoms with Crippen LogP contribution in [0.3, 0.4) is 0 Å². The van der Waals surface area contributed by atoms with Crippen molar-refractivity contribution >= 4 is 11.6 Å². The number of para-hydroxylation sites is 2. The van der Waals surface area contributed by atoms with E-state index in [1.165, 1.54) is 12.1 Å². The highest BCUT2D eigenvalue weighted by molar-refractivity contribution is 5.77. The van der Waals surface area contributed by atoms with Crippen molar-refractivity contribution in [2.24, 2.45) is 0 Å². The standard InChI is InChI=1S/C19H21FN2O2/c20-16-8-5-15(6-9-16)7-10-19(24)22-13-11-21(12-14-22)17-3-1-2-4-18(17)23/h1-6,8-9,23H,7,10-14H2. The number of nitrogens with zero attached hydrogens (tertiary/aromatic N) is 2. The number of phenolic OH excluding ortho intramolecular Hbond substituents is 1. The monoisotopic (exact) mass is 328 g/mol. The third-order valence-electron chi connectivity index (χ3n) is 4.40. The second-order valence-electron chi connectivity index (χ2n) is 5.98. The van der Waals surface area contributed by atoms with Crippen molar-refractivity contribution in [3.63, 3.8) is 0 Å². The van der Waals surface area contributed by atoms with E-state index < -0.39 is 0 Å². The van der Waals surface area contributed by atoms with Crippen molar-refractivity contribution in [1.29, 1.82) is 0 Å². The highest BCUT2D eigenvalue weighted by Crippen LogP contribution is 2.27. The fourth-order valence-corrected chi connectivity index (χ4v) is 2.99. The molecule has 4 nitrogen and oxygen atoms in total. The van der Waals surface area contributed by atoms with Gasteiger partial charge in [0.15, 0.2) is 0 Å². The number of anilines is 1. The Labute approximate surface area is 141 Å². The van der Waals surface area contributed by atoms with Crippen LogP contribution in [0.4, 0.5) is 10.1 Å². The molecule has 0 spiro atoms. The van der Waals surface area contributed by atoms with Crippen LogP contribution in [-0.4, -0.2) is 42.1 Å². The lowest BCUT2D eigenvalue weighted by Crippen LogP contribution is -2.48. The Hall–Kier alpha value is -2.56. The summed E-state index contributed by atoms with van der Waals surface area (Å²) >= 11 is 0. The van der Waals surface area contributed by atoms with E-state index in [4.69, 9.17) is 0 Å². The Morgan fingerprint density at radius 1 is 1.00 bits per heavy atom. The summed E-state index contributed by atoms with van der Waals surface area (Å²) in [6.45, 7) is 2.72. The fraction of sp³-hybridized carbons (Fsp3) is 0.316. The Kier molecular flexibility index (Phi) is 4.99. The number of piperazine rings is 1. The topological polar surface area (TPSA) is 43.8 Å². The number of benzene rings is 2. The van der Waals surface area contributed by atoms with Crippen molar-refractivity contribution in [1.82, 2.24) is 4.90 Å². The first-order valence-corrected chi connectivity index (χ1v) is 8.18. The Morgan fingerprint density at radius 3 is 2.33 bits per heavy atom. The van der Waals surface area contributed by atoms with Crippen molar-refractivity contribution in [3.05, 3.63) is 59.9 Å². The van der Waals surface area contributed by atoms with Crippen molar-refractivity contribution in [3.8, 4) is 5.75 Å². The van der Waals surface area contributed by atoms with Gasteiger partial charge in [0, 0.05) is 32.6 Å². The van der Waals surface area contributed by atoms with E-state index in [0.717, 1.165) is 11.3 Å². The third kappa shape index (κ3) is 3.85. The molecular formula is C19H21FN2O2. The molecule has 1 saturated heterocycles. The second-order valence-corrected chi connectivity index (χ2v) is 5.98. The van der Waals surface area contributed by atoms with Crippen LogP contribution < -0.4 is 4.90 Å². The van der Waals surface area contributed by atoms with Crippen LogP contribution in [-0.2, 0) is 11.2 Å². The minimum atomic E-state index is -0.259. The van der Waals surface area contributed by atoms with Crippen LogP contribution in [0.2, 0.25) is 0 Å². The number of hydrogen-bond donors (Lipinski definition) is 1. The minimum Gasteiger partial charge on any atom is -0.506 e. The van der Waals surface area contributed by atoms with Crippen LogP contribution in [0.5, 0.6) is 5.75 Å². The van der Waals surface area contributed by atoms with Crippen LogP contribution in [0.15, 0.2) is 48.5 Å². The van der Waals surface area contributed by atoms with Gasteiger partial charge in [0.1, 0.15) is 11.6 Å². The van der Waals surface area contributed by atoms with Gasteiger partial charge in [-0.2, -0.15) is 0 Å². The summed E-state index contributed by atoms with van der Waals surface area (Å²) in [6, 6.07) is 13.5. The lowest BCUT2D eigenvalue weighted by Gasteiger charge is -2.36. The number of aryl methyl sites for hydroxylation is 1. The molecule has 2 aromatic carbocycles. The first kappa shape index (κ1) is 16.3. The van der Waals surface area contributed by atoms with Crippen molar-refractivity contribution in [2.75, 3.05) is 31.1 Å². The molecule has 24 heavy (non-hydrogen) atoms. The first-order chi connectivity index (χ1) is 11.6. The van der Waals surface area contributed by atoms with Crippen LogP contribution in [0.1, 0.15) is 12.0 Å². The van der Waals surface area contributed by atoms with Crippen LogP contribution in [0.25, 0.3) is 0 Å². The molecule has 0 atom stereocenters. The summed E-state index contributed by atoms with van der Waals surface area (Å²) in [4.78, 5) is 16.3. The molecule has 0 aliphatic carbocycles. The van der Waals surface area contributed by atoms with Gasteiger partial charge in [-0.3, -0.25) is 4.79 Å². The SMILES string of the molecule is O=C(CCc1ccc(F)cc1)N1CCN(c2ccccc2O)CC1. The van der Waals surface area contributed by atoms with Gasteiger partial charge in [-0.05, 0) is 36.2 Å². The second kappa shape index (κ2) is 7.34. The van der Waals surface area contributed by atoms with E-state index >= 15 is 0 Å². The molecule has 1 amide bonds. The van der Waals surface area contributed by atoms with Gasteiger partial charge in [0.25, 0.3) is 0 Å². The highest BCUT2D eigenvalue weighted by Gasteiger charge is 2.22. The zero-order valence-corrected chi connectivity index (χ0v) is 13.5. The van der Waals surface area contributed by atoms with E-state index in [1.54, 1.807) is 24.3 Å². The summed E-state index contributed by atoms with van der Waals surface area (Å²) in [5.41, 5.74) is 1.79. The number of aromatic hydroxyl groups is 1. The molecule has 1 aliphatic heterocycles. The third-order valence-corrected chi connectivity index (χ3v) is 4.40. The van der Waals surface area contributed by atoms with Crippen molar-refractivity contribution < 1.29 is 14.3 Å². The molecule has 0 aromatic heterocycles. The van der Waals surface area contributed by atoms with Gasteiger partial charge < -0.3 is 14.9 Å². The molecule has 1 heterocycles. The average molecular weight is 328 g/mol. The molecule has 2 aromatic rings. The summed E-state index contributed by atoms with van der Waals surface area (Å²) in [6.07, 6.45) is 1.06. The van der Waals surface area contributed by atoms with E-state index in [9.17, 15) is 14.3 Å². The highest BCUT2D eigenvalue weighted by atomic mass is 19.1. The molecular weight excluding hydrogens is 307 g/mol. The van der Waals surface area contributed by atoms with E-state index in [2.05, 4.69) is 4.90 Å². The van der Waals surface area contributed by atoms with Gasteiger partial charge in [-0.1, -0.05) is 24.3 Å². The quantitative estimate of drug-likeness (QED) is 0.938. The predicted molar refractivity (Wildman–Crippen MR) is 91.6 cm³/mol. The van der Waals surface area contributed by atoms with Crippen LogP contribution >= 0.6 is 0 Å². The van der Waals surface area contributed by atoms with E-state index in [-0.39, 0.29) is 17.5 Å². The van der Waals surface area contributed by atoms with Gasteiger partial charge >= 0.3 is 0 Å². The van der Waals surface area contributed by atoms with Gasteiger partial charge in [0.05, 0.1) is 5.69 Å². The predicted octanol–water partition coefficient (Wildman–Crippen LogP) is 2.81. The molecule has 0 unspecified atom stereocenters. The molecule has 5 heteroatoms. The van der Waals surface area contributed by atoms with Gasteiger partial charge in [-0.15, -0.1) is 0 Å². The number of hydrogen-bond acceptors (Lipinski definition) is 3. The van der Waals surface area contributed by atoms with Gasteiger partial charge in [-0.25, -0.2) is 4.39 Å². The molecule has 1 fully saturated rings. The lowest BCUT2D eigenvalue weighted by molar-refractivity contribution is -0.131. The number of rotatable bonds is 4. The number of halogens is 1. The molecule has 126 valence electrons. The molecule has 0 bridgehead atoms. The number of phenols is 1. The Bertz CT molecular complexity index is 695. The number of amides is 1. The summed E-state index contributed by atoms with van der Waals surface area (Å²) < 4.78 is 12.9. The van der Waals surface area contributed by atoms with Crippen molar-refractivity contribution in [2.45, 2.75) is 12.8 Å².